The van der Waals surface area contributed by atoms with E-state index in [1.807, 2.05) is 30.3 Å². The Bertz CT molecular complexity index is 784. The Hall–Kier alpha value is -2.49. The van der Waals surface area contributed by atoms with Crippen molar-refractivity contribution in [2.75, 3.05) is 7.11 Å². The number of aromatic nitrogens is 3. The van der Waals surface area contributed by atoms with Crippen LogP contribution in [0.25, 0.3) is 22.2 Å². The molecule has 0 saturated heterocycles. The Morgan fingerprint density at radius 3 is 2.62 bits per heavy atom. The van der Waals surface area contributed by atoms with Gasteiger partial charge in [-0.25, -0.2) is 15.0 Å². The Morgan fingerprint density at radius 1 is 1.05 bits per heavy atom. The molecule has 3 aromatic rings. The van der Waals surface area contributed by atoms with Crippen LogP contribution in [0.15, 0.2) is 42.7 Å². The van der Waals surface area contributed by atoms with Crippen LogP contribution in [-0.4, -0.2) is 22.1 Å². The van der Waals surface area contributed by atoms with Gasteiger partial charge in [-0.05, 0) is 24.1 Å². The fourth-order valence-corrected chi connectivity index (χ4v) is 2.27. The highest BCUT2D eigenvalue weighted by Gasteiger charge is 2.12. The number of benzene rings is 1. The Morgan fingerprint density at radius 2 is 1.86 bits per heavy atom. The van der Waals surface area contributed by atoms with Crippen LogP contribution in [0.3, 0.4) is 0 Å². The Labute approximate surface area is 123 Å². The van der Waals surface area contributed by atoms with Crippen molar-refractivity contribution in [3.8, 4) is 17.1 Å². The highest BCUT2D eigenvalue weighted by molar-refractivity contribution is 5.85. The van der Waals surface area contributed by atoms with Crippen molar-refractivity contribution in [1.29, 1.82) is 0 Å². The minimum Gasteiger partial charge on any atom is -0.480 e. The molecule has 106 valence electrons. The first-order valence-corrected chi connectivity index (χ1v) is 6.95. The first-order chi connectivity index (χ1) is 10.2. The number of ether oxygens (including phenoxy) is 1. The Kier molecular flexibility index (Phi) is 3.52. The molecule has 0 aliphatic heterocycles. The molecular formula is C17H17N3O. The van der Waals surface area contributed by atoms with Gasteiger partial charge in [-0.1, -0.05) is 32.0 Å². The first-order valence-electron chi connectivity index (χ1n) is 6.95. The summed E-state index contributed by atoms with van der Waals surface area (Å²) >= 11 is 0. The molecule has 0 saturated carbocycles. The number of methoxy groups -OCH3 is 1. The number of fused-ring (bicyclic) bond motifs is 1. The summed E-state index contributed by atoms with van der Waals surface area (Å²) in [4.78, 5) is 13.2. The second-order valence-electron chi connectivity index (χ2n) is 5.22. The van der Waals surface area contributed by atoms with Crippen molar-refractivity contribution in [2.45, 2.75) is 19.8 Å². The monoisotopic (exact) mass is 279 g/mol. The molecule has 0 spiro atoms. The normalized spacial score (nSPS) is 11.0. The van der Waals surface area contributed by atoms with E-state index in [4.69, 9.17) is 4.74 Å². The molecule has 21 heavy (non-hydrogen) atoms. The molecule has 1 aromatic carbocycles. The summed E-state index contributed by atoms with van der Waals surface area (Å²) in [7, 11) is 1.63. The van der Waals surface area contributed by atoms with Gasteiger partial charge in [-0.3, -0.25) is 0 Å². The number of rotatable bonds is 3. The van der Waals surface area contributed by atoms with E-state index in [9.17, 15) is 0 Å². The van der Waals surface area contributed by atoms with Gasteiger partial charge in [0, 0.05) is 11.1 Å². The van der Waals surface area contributed by atoms with Gasteiger partial charge in [0.15, 0.2) is 0 Å². The number of nitrogens with zero attached hydrogens (tertiary/aromatic N) is 3. The lowest BCUT2D eigenvalue weighted by Gasteiger charge is -2.10. The van der Waals surface area contributed by atoms with Crippen molar-refractivity contribution in [3.05, 3.63) is 48.4 Å². The maximum atomic E-state index is 5.44. The minimum atomic E-state index is 0.353. The SMILES string of the molecule is COc1nc2ccccc2cc1-c1cc(C(C)C)ncn1. The molecule has 0 unspecified atom stereocenters. The molecule has 0 fully saturated rings. The van der Waals surface area contributed by atoms with Gasteiger partial charge >= 0.3 is 0 Å². The van der Waals surface area contributed by atoms with Crippen molar-refractivity contribution in [1.82, 2.24) is 15.0 Å². The predicted octanol–water partition coefficient (Wildman–Crippen LogP) is 3.82. The molecule has 0 amide bonds. The van der Waals surface area contributed by atoms with Crippen LogP contribution in [0.2, 0.25) is 0 Å². The lowest BCUT2D eigenvalue weighted by molar-refractivity contribution is 0.401. The van der Waals surface area contributed by atoms with E-state index in [1.54, 1.807) is 13.4 Å². The first kappa shape index (κ1) is 13.5. The molecule has 0 aliphatic rings. The smallest absolute Gasteiger partial charge is 0.223 e. The fraction of sp³-hybridized carbons (Fsp3) is 0.235. The Balaban J connectivity index is 2.21. The topological polar surface area (TPSA) is 47.9 Å². The summed E-state index contributed by atoms with van der Waals surface area (Å²) in [6.45, 7) is 4.23. The average molecular weight is 279 g/mol. The highest BCUT2D eigenvalue weighted by Crippen LogP contribution is 2.31. The van der Waals surface area contributed by atoms with E-state index in [2.05, 4.69) is 34.9 Å². The van der Waals surface area contributed by atoms with Crippen LogP contribution in [0.5, 0.6) is 5.88 Å². The van der Waals surface area contributed by atoms with Crippen molar-refractivity contribution in [2.24, 2.45) is 0 Å². The maximum absolute atomic E-state index is 5.44. The van der Waals surface area contributed by atoms with Gasteiger partial charge < -0.3 is 4.74 Å². The molecule has 0 radical (unpaired) electrons. The lowest BCUT2D eigenvalue weighted by Crippen LogP contribution is -1.98. The van der Waals surface area contributed by atoms with Crippen LogP contribution in [0.4, 0.5) is 0 Å². The van der Waals surface area contributed by atoms with E-state index in [1.165, 1.54) is 0 Å². The molecule has 2 heterocycles. The largest absolute Gasteiger partial charge is 0.480 e. The van der Waals surface area contributed by atoms with E-state index >= 15 is 0 Å². The zero-order chi connectivity index (χ0) is 14.8. The third-order valence-electron chi connectivity index (χ3n) is 3.44. The third-order valence-corrected chi connectivity index (χ3v) is 3.44. The van der Waals surface area contributed by atoms with Crippen molar-refractivity contribution >= 4 is 10.9 Å². The molecule has 4 heteroatoms. The van der Waals surface area contributed by atoms with E-state index in [0.717, 1.165) is 27.9 Å². The van der Waals surface area contributed by atoms with E-state index < -0.39 is 0 Å². The summed E-state index contributed by atoms with van der Waals surface area (Å²) < 4.78 is 5.44. The van der Waals surface area contributed by atoms with E-state index in [0.29, 0.717) is 11.8 Å². The third kappa shape index (κ3) is 2.57. The molecule has 0 atom stereocenters. The van der Waals surface area contributed by atoms with Gasteiger partial charge in [0.2, 0.25) is 5.88 Å². The second-order valence-corrected chi connectivity index (χ2v) is 5.22. The fourth-order valence-electron chi connectivity index (χ4n) is 2.27. The number of para-hydroxylation sites is 1. The molecule has 0 bridgehead atoms. The summed E-state index contributed by atoms with van der Waals surface area (Å²) in [6, 6.07) is 12.0. The van der Waals surface area contributed by atoms with Gasteiger partial charge in [0.1, 0.15) is 6.33 Å². The summed E-state index contributed by atoms with van der Waals surface area (Å²) in [5, 5.41) is 1.07. The quantitative estimate of drug-likeness (QED) is 0.731. The van der Waals surface area contributed by atoms with Gasteiger partial charge in [0.25, 0.3) is 0 Å². The van der Waals surface area contributed by atoms with Crippen LogP contribution in [0, 0.1) is 0 Å². The molecular weight excluding hydrogens is 262 g/mol. The molecule has 0 aliphatic carbocycles. The summed E-state index contributed by atoms with van der Waals surface area (Å²) in [5.41, 5.74) is 3.65. The standard InChI is InChI=1S/C17H17N3O/c1-11(2)15-9-16(19-10-18-15)13-8-12-6-4-5-7-14(12)20-17(13)21-3/h4-11H,1-3H3. The molecule has 0 N–H and O–H groups in total. The van der Waals surface area contributed by atoms with Gasteiger partial charge in [0.05, 0.1) is 23.9 Å². The van der Waals surface area contributed by atoms with Crippen LogP contribution < -0.4 is 4.74 Å². The summed E-state index contributed by atoms with van der Waals surface area (Å²) in [6.07, 6.45) is 1.60. The maximum Gasteiger partial charge on any atom is 0.223 e. The van der Waals surface area contributed by atoms with Gasteiger partial charge in [-0.2, -0.15) is 0 Å². The average Bonchev–Trinajstić information content (AvgIpc) is 2.53. The van der Waals surface area contributed by atoms with E-state index in [-0.39, 0.29) is 0 Å². The van der Waals surface area contributed by atoms with Crippen molar-refractivity contribution in [3.63, 3.8) is 0 Å². The molecule has 3 rings (SSSR count). The minimum absolute atomic E-state index is 0.353. The summed E-state index contributed by atoms with van der Waals surface area (Å²) in [5.74, 6) is 0.938. The second kappa shape index (κ2) is 5.48. The molecule has 4 nitrogen and oxygen atoms in total. The van der Waals surface area contributed by atoms with Crippen LogP contribution in [-0.2, 0) is 0 Å². The number of hydrogen-bond donors (Lipinski definition) is 0. The van der Waals surface area contributed by atoms with Crippen molar-refractivity contribution < 1.29 is 4.74 Å². The lowest BCUT2D eigenvalue weighted by atomic mass is 10.1. The van der Waals surface area contributed by atoms with Crippen LogP contribution >= 0.6 is 0 Å². The number of hydrogen-bond acceptors (Lipinski definition) is 4. The number of pyridine rings is 1. The highest BCUT2D eigenvalue weighted by atomic mass is 16.5. The zero-order valence-corrected chi connectivity index (χ0v) is 12.4. The zero-order valence-electron chi connectivity index (χ0n) is 12.4. The van der Waals surface area contributed by atoms with Crippen LogP contribution in [0.1, 0.15) is 25.5 Å². The van der Waals surface area contributed by atoms with Gasteiger partial charge in [-0.15, -0.1) is 0 Å². The predicted molar refractivity (Wildman–Crippen MR) is 83.4 cm³/mol. The molecule has 2 aromatic heterocycles.